The molecule has 1 N–H and O–H groups in total. The van der Waals surface area contributed by atoms with Crippen LogP contribution in [0.25, 0.3) is 16.9 Å². The van der Waals surface area contributed by atoms with Crippen LogP contribution in [0.5, 0.6) is 0 Å². The van der Waals surface area contributed by atoms with Crippen LogP contribution in [0.1, 0.15) is 16.2 Å². The van der Waals surface area contributed by atoms with Crippen molar-refractivity contribution in [2.24, 2.45) is 0 Å². The number of thiazole rings is 1. The number of sulfonamides is 1. The summed E-state index contributed by atoms with van der Waals surface area (Å²) >= 11 is 1.29. The number of anilines is 2. The van der Waals surface area contributed by atoms with Crippen molar-refractivity contribution < 1.29 is 13.2 Å². The van der Waals surface area contributed by atoms with Gasteiger partial charge in [-0.2, -0.15) is 9.90 Å². The van der Waals surface area contributed by atoms with E-state index in [-0.39, 0.29) is 5.69 Å². The van der Waals surface area contributed by atoms with Gasteiger partial charge in [0.25, 0.3) is 5.91 Å². The van der Waals surface area contributed by atoms with Gasteiger partial charge < -0.3 is 0 Å². The number of aryl methyl sites for hydroxylation is 1. The van der Waals surface area contributed by atoms with Crippen molar-refractivity contribution in [1.82, 2.24) is 20.0 Å². The highest BCUT2D eigenvalue weighted by atomic mass is 32.2. The molecule has 0 bridgehead atoms. The highest BCUT2D eigenvalue weighted by Crippen LogP contribution is 2.27. The molecule has 0 atom stereocenters. The third kappa shape index (κ3) is 4.53. The number of aromatic nitrogens is 4. The van der Waals surface area contributed by atoms with Crippen LogP contribution in [0, 0.1) is 6.92 Å². The Kier molecular flexibility index (Phi) is 5.76. The van der Waals surface area contributed by atoms with Crippen LogP contribution in [0.3, 0.4) is 0 Å². The van der Waals surface area contributed by atoms with Gasteiger partial charge in [0.15, 0.2) is 10.8 Å². The van der Waals surface area contributed by atoms with E-state index in [0.29, 0.717) is 22.2 Å². The van der Waals surface area contributed by atoms with Crippen LogP contribution in [0.15, 0.2) is 60.0 Å². The zero-order valence-electron chi connectivity index (χ0n) is 17.6. The van der Waals surface area contributed by atoms with Gasteiger partial charge in [-0.15, -0.1) is 16.4 Å². The molecule has 0 aliphatic heterocycles. The van der Waals surface area contributed by atoms with Crippen molar-refractivity contribution in [1.29, 1.82) is 0 Å². The molecule has 1 amide bonds. The molecular formula is C21H20N6O3S2. The quantitative estimate of drug-likeness (QED) is 0.465. The van der Waals surface area contributed by atoms with Crippen LogP contribution >= 0.6 is 11.3 Å². The van der Waals surface area contributed by atoms with Gasteiger partial charge in [0.2, 0.25) is 10.0 Å². The molecule has 4 aromatic rings. The molecule has 0 aliphatic carbocycles. The average Bonchev–Trinajstić information content (AvgIpc) is 3.40. The van der Waals surface area contributed by atoms with Gasteiger partial charge in [-0.3, -0.25) is 14.4 Å². The van der Waals surface area contributed by atoms with Gasteiger partial charge in [-0.05, 0) is 31.2 Å². The minimum Gasteiger partial charge on any atom is -0.296 e. The van der Waals surface area contributed by atoms with E-state index in [1.165, 1.54) is 27.5 Å². The molecule has 2 heterocycles. The van der Waals surface area contributed by atoms with E-state index >= 15 is 0 Å². The van der Waals surface area contributed by atoms with Crippen LogP contribution in [-0.4, -0.2) is 47.6 Å². The summed E-state index contributed by atoms with van der Waals surface area (Å²) in [5.41, 5.74) is 3.52. The molecule has 2 aromatic heterocycles. The van der Waals surface area contributed by atoms with Gasteiger partial charge in [-0.1, -0.05) is 30.3 Å². The number of amides is 1. The number of carbonyl (C=O) groups is 1. The fraction of sp³-hybridized carbons (Fsp3) is 0.143. The standard InChI is InChI=1S/C21H20N6O3S2/c1-14-19(25-27(24-14)17-7-5-4-6-8-17)20(28)23-21-22-18(13-31-21)15-9-11-16(12-10-15)26(2)32(3,29)30/h4-13H,1-3H3,(H,22,23,28). The number of hydrogen-bond donors (Lipinski definition) is 1. The third-order valence-electron chi connectivity index (χ3n) is 4.73. The molecule has 0 saturated heterocycles. The fourth-order valence-corrected chi connectivity index (χ4v) is 4.14. The molecule has 4 rings (SSSR count). The first-order valence-corrected chi connectivity index (χ1v) is 12.3. The van der Waals surface area contributed by atoms with Crippen molar-refractivity contribution in [3.8, 4) is 16.9 Å². The fourth-order valence-electron chi connectivity index (χ4n) is 2.92. The van der Waals surface area contributed by atoms with Crippen LogP contribution in [0.4, 0.5) is 10.8 Å². The first-order valence-electron chi connectivity index (χ1n) is 9.53. The molecule has 0 spiro atoms. The Bertz CT molecular complexity index is 1360. The van der Waals surface area contributed by atoms with E-state index in [0.717, 1.165) is 17.5 Å². The van der Waals surface area contributed by atoms with Gasteiger partial charge in [0, 0.05) is 18.0 Å². The summed E-state index contributed by atoms with van der Waals surface area (Å²) in [4.78, 5) is 18.6. The largest absolute Gasteiger partial charge is 0.296 e. The molecule has 0 radical (unpaired) electrons. The lowest BCUT2D eigenvalue weighted by Crippen LogP contribution is -2.24. The Balaban J connectivity index is 1.49. The topological polar surface area (TPSA) is 110 Å². The van der Waals surface area contributed by atoms with Crippen LogP contribution in [-0.2, 0) is 10.0 Å². The molecule has 11 heteroatoms. The van der Waals surface area contributed by atoms with Crippen molar-refractivity contribution in [2.75, 3.05) is 22.9 Å². The Morgan fingerprint density at radius 3 is 2.41 bits per heavy atom. The van der Waals surface area contributed by atoms with Gasteiger partial charge in [0.05, 0.1) is 29.0 Å². The van der Waals surface area contributed by atoms with E-state index in [1.54, 1.807) is 31.2 Å². The molecular weight excluding hydrogens is 448 g/mol. The van der Waals surface area contributed by atoms with Crippen molar-refractivity contribution in [3.05, 3.63) is 71.4 Å². The van der Waals surface area contributed by atoms with Gasteiger partial charge in [-0.25, -0.2) is 13.4 Å². The van der Waals surface area contributed by atoms with Crippen molar-refractivity contribution in [3.63, 3.8) is 0 Å². The van der Waals surface area contributed by atoms with Crippen molar-refractivity contribution in [2.45, 2.75) is 6.92 Å². The Labute approximate surface area is 189 Å². The highest BCUT2D eigenvalue weighted by molar-refractivity contribution is 7.92. The first-order chi connectivity index (χ1) is 15.2. The number of carbonyl (C=O) groups excluding carboxylic acids is 1. The average molecular weight is 469 g/mol. The number of benzene rings is 2. The summed E-state index contributed by atoms with van der Waals surface area (Å²) < 4.78 is 24.6. The lowest BCUT2D eigenvalue weighted by atomic mass is 10.1. The normalized spacial score (nSPS) is 11.3. The molecule has 9 nitrogen and oxygen atoms in total. The van der Waals surface area contributed by atoms with Gasteiger partial charge in [0.1, 0.15) is 0 Å². The Morgan fingerprint density at radius 1 is 1.06 bits per heavy atom. The molecule has 2 aromatic carbocycles. The number of rotatable bonds is 6. The highest BCUT2D eigenvalue weighted by Gasteiger charge is 2.18. The van der Waals surface area contributed by atoms with E-state index < -0.39 is 15.9 Å². The predicted octanol–water partition coefficient (Wildman–Crippen LogP) is 3.35. The number of nitrogens with one attached hydrogen (secondary N) is 1. The Morgan fingerprint density at radius 2 is 1.75 bits per heavy atom. The smallest absolute Gasteiger partial charge is 0.279 e. The summed E-state index contributed by atoms with van der Waals surface area (Å²) in [6, 6.07) is 16.3. The molecule has 0 fully saturated rings. The maximum atomic E-state index is 12.7. The van der Waals surface area contributed by atoms with E-state index in [2.05, 4.69) is 20.5 Å². The summed E-state index contributed by atoms with van der Waals surface area (Å²) in [5, 5.41) is 13.6. The summed E-state index contributed by atoms with van der Waals surface area (Å²) in [6.45, 7) is 1.73. The SMILES string of the molecule is Cc1nn(-c2ccccc2)nc1C(=O)Nc1nc(-c2ccc(N(C)S(C)(=O)=O)cc2)cs1. The third-order valence-corrected chi connectivity index (χ3v) is 6.70. The maximum Gasteiger partial charge on any atom is 0.279 e. The minimum absolute atomic E-state index is 0.221. The van der Waals surface area contributed by atoms with E-state index in [9.17, 15) is 13.2 Å². The second-order valence-corrected chi connectivity index (χ2v) is 9.90. The van der Waals surface area contributed by atoms with Crippen LogP contribution < -0.4 is 9.62 Å². The van der Waals surface area contributed by atoms with Gasteiger partial charge >= 0.3 is 0 Å². The first kappa shape index (κ1) is 21.7. The minimum atomic E-state index is -3.33. The predicted molar refractivity (Wildman–Crippen MR) is 125 cm³/mol. The zero-order chi connectivity index (χ0) is 22.9. The number of para-hydroxylation sites is 1. The summed E-state index contributed by atoms with van der Waals surface area (Å²) in [7, 11) is -1.83. The lowest BCUT2D eigenvalue weighted by molar-refractivity contribution is 0.102. The monoisotopic (exact) mass is 468 g/mol. The molecule has 164 valence electrons. The van der Waals surface area contributed by atoms with E-state index in [4.69, 9.17) is 0 Å². The van der Waals surface area contributed by atoms with Crippen LogP contribution in [0.2, 0.25) is 0 Å². The van der Waals surface area contributed by atoms with Crippen molar-refractivity contribution >= 4 is 38.1 Å². The molecule has 0 aliphatic rings. The maximum absolute atomic E-state index is 12.7. The van der Waals surface area contributed by atoms with E-state index in [1.807, 2.05) is 35.7 Å². The number of hydrogen-bond acceptors (Lipinski definition) is 7. The molecule has 0 unspecified atom stereocenters. The zero-order valence-corrected chi connectivity index (χ0v) is 19.2. The Hall–Kier alpha value is -3.57. The second-order valence-electron chi connectivity index (χ2n) is 7.03. The molecule has 32 heavy (non-hydrogen) atoms. The summed E-state index contributed by atoms with van der Waals surface area (Å²) in [5.74, 6) is -0.393. The lowest BCUT2D eigenvalue weighted by Gasteiger charge is -2.16. The molecule has 0 saturated carbocycles. The second kappa shape index (κ2) is 8.52. The number of nitrogens with zero attached hydrogens (tertiary/aromatic N) is 5. The summed E-state index contributed by atoms with van der Waals surface area (Å²) in [6.07, 6.45) is 1.15.